The topological polar surface area (TPSA) is 57.8 Å². The molecule has 0 aliphatic rings. The van der Waals surface area contributed by atoms with Gasteiger partial charge in [0.05, 0.1) is 11.2 Å². The molecule has 5 heteroatoms. The molecule has 0 aliphatic carbocycles. The first-order chi connectivity index (χ1) is 8.09. The number of carboxylic acid groups (broad SMARTS) is 1. The zero-order valence-electron chi connectivity index (χ0n) is 9.66. The summed E-state index contributed by atoms with van der Waals surface area (Å²) >= 11 is 0. The minimum absolute atomic E-state index is 0.650. The maximum atomic E-state index is 10.5. The summed E-state index contributed by atoms with van der Waals surface area (Å²) in [5, 5.41) is 8.63. The summed E-state index contributed by atoms with van der Waals surface area (Å²) in [5.41, 5.74) is 1.53. The molecule has 0 fully saturated rings. The molecule has 0 radical (unpaired) electrons. The molecule has 2 rings (SSSR count). The van der Waals surface area contributed by atoms with E-state index >= 15 is 0 Å². The van der Waals surface area contributed by atoms with Gasteiger partial charge in [-0.2, -0.15) is 0 Å². The van der Waals surface area contributed by atoms with Crippen LogP contribution in [-0.4, -0.2) is 34.6 Å². The van der Waals surface area contributed by atoms with Crippen LogP contribution in [0.3, 0.4) is 0 Å². The number of pyridine rings is 1. The number of hydrogen-bond acceptors (Lipinski definition) is 3. The molecule has 1 N–H and O–H groups in total. The largest absolute Gasteiger partial charge is 0.478 e. The number of aromatic nitrogens is 2. The fourth-order valence-electron chi connectivity index (χ4n) is 1.63. The molecule has 2 aromatic heterocycles. The van der Waals surface area contributed by atoms with Gasteiger partial charge in [0.25, 0.3) is 0 Å². The van der Waals surface area contributed by atoms with Gasteiger partial charge >= 0.3 is 5.97 Å². The van der Waals surface area contributed by atoms with Crippen molar-refractivity contribution < 1.29 is 9.90 Å². The van der Waals surface area contributed by atoms with E-state index in [1.807, 2.05) is 47.8 Å². The molecule has 88 valence electrons. The van der Waals surface area contributed by atoms with Crippen LogP contribution < -0.4 is 4.90 Å². The summed E-state index contributed by atoms with van der Waals surface area (Å²) in [6.07, 6.45) is 4.50. The van der Waals surface area contributed by atoms with Crippen LogP contribution in [0.5, 0.6) is 0 Å². The number of nitrogens with zero attached hydrogens (tertiary/aromatic N) is 3. The predicted octanol–water partition coefficient (Wildman–Crippen LogP) is 1.50. The fourth-order valence-corrected chi connectivity index (χ4v) is 1.63. The van der Waals surface area contributed by atoms with E-state index in [9.17, 15) is 4.79 Å². The highest BCUT2D eigenvalue weighted by Crippen LogP contribution is 2.19. The summed E-state index contributed by atoms with van der Waals surface area (Å²) < 4.78 is 1.92. The molecule has 0 bridgehead atoms. The Labute approximate surface area is 98.6 Å². The van der Waals surface area contributed by atoms with Crippen LogP contribution in [0.4, 0.5) is 5.95 Å². The van der Waals surface area contributed by atoms with E-state index in [2.05, 4.69) is 4.98 Å². The standard InChI is InChI=1S/C12H13N3O2/c1-14(2)12-13-9(6-7-11(16)17)10-5-3-4-8-15(10)12/h3-8H,1-2H3,(H,16,17)/b7-6+. The quantitative estimate of drug-likeness (QED) is 0.813. The Bertz CT molecular complexity index is 584. The molecule has 0 unspecified atom stereocenters. The highest BCUT2D eigenvalue weighted by atomic mass is 16.4. The van der Waals surface area contributed by atoms with Gasteiger partial charge in [-0.15, -0.1) is 0 Å². The Hall–Kier alpha value is -2.30. The number of fused-ring (bicyclic) bond motifs is 1. The van der Waals surface area contributed by atoms with Crippen molar-refractivity contribution in [2.75, 3.05) is 19.0 Å². The third kappa shape index (κ3) is 2.13. The highest BCUT2D eigenvalue weighted by molar-refractivity contribution is 5.87. The second kappa shape index (κ2) is 4.29. The summed E-state index contributed by atoms with van der Waals surface area (Å²) in [6.45, 7) is 0. The van der Waals surface area contributed by atoms with E-state index in [1.54, 1.807) is 0 Å². The Morgan fingerprint density at radius 1 is 1.47 bits per heavy atom. The number of carboxylic acids is 1. The van der Waals surface area contributed by atoms with Gasteiger partial charge in [0.15, 0.2) is 0 Å². The lowest BCUT2D eigenvalue weighted by Gasteiger charge is -2.09. The molecule has 0 saturated carbocycles. The van der Waals surface area contributed by atoms with Crippen molar-refractivity contribution in [2.24, 2.45) is 0 Å². The second-order valence-electron chi connectivity index (χ2n) is 3.82. The lowest BCUT2D eigenvalue weighted by molar-refractivity contribution is -0.131. The molecular weight excluding hydrogens is 218 g/mol. The van der Waals surface area contributed by atoms with E-state index in [1.165, 1.54) is 6.08 Å². The van der Waals surface area contributed by atoms with Gasteiger partial charge in [0, 0.05) is 26.4 Å². The van der Waals surface area contributed by atoms with Crippen LogP contribution >= 0.6 is 0 Å². The minimum Gasteiger partial charge on any atom is -0.478 e. The maximum absolute atomic E-state index is 10.5. The van der Waals surface area contributed by atoms with E-state index < -0.39 is 5.97 Å². The first-order valence-electron chi connectivity index (χ1n) is 5.15. The van der Waals surface area contributed by atoms with E-state index in [0.29, 0.717) is 5.69 Å². The summed E-state index contributed by atoms with van der Waals surface area (Å²) in [4.78, 5) is 16.8. The molecule has 0 aromatic carbocycles. The molecule has 2 aromatic rings. The number of imidazole rings is 1. The lowest BCUT2D eigenvalue weighted by Crippen LogP contribution is -2.12. The first-order valence-corrected chi connectivity index (χ1v) is 5.15. The second-order valence-corrected chi connectivity index (χ2v) is 3.82. The van der Waals surface area contributed by atoms with E-state index in [-0.39, 0.29) is 0 Å². The molecule has 0 spiro atoms. The van der Waals surface area contributed by atoms with E-state index in [0.717, 1.165) is 17.5 Å². The van der Waals surface area contributed by atoms with Crippen LogP contribution in [0.2, 0.25) is 0 Å². The van der Waals surface area contributed by atoms with Crippen LogP contribution in [0.1, 0.15) is 5.69 Å². The van der Waals surface area contributed by atoms with Crippen molar-refractivity contribution in [1.82, 2.24) is 9.38 Å². The van der Waals surface area contributed by atoms with Gasteiger partial charge in [-0.3, -0.25) is 4.40 Å². The van der Waals surface area contributed by atoms with Crippen molar-refractivity contribution in [3.8, 4) is 0 Å². The Morgan fingerprint density at radius 3 is 2.88 bits per heavy atom. The van der Waals surface area contributed by atoms with Gasteiger partial charge in [-0.25, -0.2) is 9.78 Å². The summed E-state index contributed by atoms with van der Waals surface area (Å²) in [6, 6.07) is 5.71. The third-order valence-corrected chi connectivity index (χ3v) is 2.34. The zero-order chi connectivity index (χ0) is 12.4. The van der Waals surface area contributed by atoms with Crippen molar-refractivity contribution in [3.63, 3.8) is 0 Å². The van der Waals surface area contributed by atoms with Crippen LogP contribution in [0, 0.1) is 0 Å². The van der Waals surface area contributed by atoms with Crippen LogP contribution in [0.15, 0.2) is 30.5 Å². The van der Waals surface area contributed by atoms with Gasteiger partial charge in [0.2, 0.25) is 5.95 Å². The Kier molecular flexibility index (Phi) is 2.82. The average Bonchev–Trinajstić information content (AvgIpc) is 2.65. The fraction of sp³-hybridized carbons (Fsp3) is 0.167. The Balaban J connectivity index is 2.60. The first kappa shape index (κ1) is 11.2. The minimum atomic E-state index is -0.978. The molecule has 0 atom stereocenters. The summed E-state index contributed by atoms with van der Waals surface area (Å²) in [7, 11) is 3.79. The number of rotatable bonds is 3. The zero-order valence-corrected chi connectivity index (χ0v) is 9.66. The monoisotopic (exact) mass is 231 g/mol. The molecular formula is C12H13N3O2. The molecule has 17 heavy (non-hydrogen) atoms. The Morgan fingerprint density at radius 2 is 2.24 bits per heavy atom. The van der Waals surface area contributed by atoms with Gasteiger partial charge in [-0.05, 0) is 18.2 Å². The van der Waals surface area contributed by atoms with Crippen LogP contribution in [-0.2, 0) is 4.79 Å². The molecule has 0 saturated heterocycles. The number of aliphatic carboxylic acids is 1. The van der Waals surface area contributed by atoms with Crippen molar-refractivity contribution in [2.45, 2.75) is 0 Å². The van der Waals surface area contributed by atoms with E-state index in [4.69, 9.17) is 5.11 Å². The van der Waals surface area contributed by atoms with Crippen molar-refractivity contribution >= 4 is 23.5 Å². The molecule has 0 aliphatic heterocycles. The van der Waals surface area contributed by atoms with Gasteiger partial charge in [0.1, 0.15) is 0 Å². The van der Waals surface area contributed by atoms with Crippen LogP contribution in [0.25, 0.3) is 11.6 Å². The number of hydrogen-bond donors (Lipinski definition) is 1. The lowest BCUT2D eigenvalue weighted by atomic mass is 10.3. The predicted molar refractivity (Wildman–Crippen MR) is 66.2 cm³/mol. The molecule has 5 nitrogen and oxygen atoms in total. The number of anilines is 1. The van der Waals surface area contributed by atoms with Gasteiger partial charge in [-0.1, -0.05) is 6.07 Å². The third-order valence-electron chi connectivity index (χ3n) is 2.34. The van der Waals surface area contributed by atoms with Gasteiger partial charge < -0.3 is 10.0 Å². The smallest absolute Gasteiger partial charge is 0.328 e. The summed E-state index contributed by atoms with van der Waals surface area (Å²) in [5.74, 6) is -0.209. The highest BCUT2D eigenvalue weighted by Gasteiger charge is 2.09. The normalized spacial score (nSPS) is 11.2. The van der Waals surface area contributed by atoms with Crippen molar-refractivity contribution in [1.29, 1.82) is 0 Å². The SMILES string of the molecule is CN(C)c1nc(/C=C/C(=O)O)c2ccccn12. The number of carbonyl (C=O) groups is 1. The maximum Gasteiger partial charge on any atom is 0.328 e. The average molecular weight is 231 g/mol. The molecule has 0 amide bonds. The van der Waals surface area contributed by atoms with Crippen molar-refractivity contribution in [3.05, 3.63) is 36.2 Å². The molecule has 2 heterocycles.